The van der Waals surface area contributed by atoms with Crippen molar-refractivity contribution in [3.8, 4) is 0 Å². The number of carbonyl (C=O) groups is 1. The molecule has 0 aromatic carbocycles. The van der Waals surface area contributed by atoms with Crippen LogP contribution in [0.25, 0.3) is 0 Å². The minimum atomic E-state index is -0.954. The molecular formula is C6H15NO5. The van der Waals surface area contributed by atoms with Crippen LogP contribution in [-0.2, 0) is 4.74 Å². The highest BCUT2D eigenvalue weighted by Crippen LogP contribution is 1.71. The molecule has 5 N–H and O–H groups in total. The Balaban J connectivity index is 0. The summed E-state index contributed by atoms with van der Waals surface area (Å²) in [6.07, 6.45) is -1.66. The third kappa shape index (κ3) is 16.1. The smallest absolute Gasteiger partial charge is 0.404 e. The summed E-state index contributed by atoms with van der Waals surface area (Å²) in [5.41, 5.74) is 4.54. The van der Waals surface area contributed by atoms with Crippen molar-refractivity contribution in [1.82, 2.24) is 0 Å². The van der Waals surface area contributed by atoms with Crippen molar-refractivity contribution >= 4 is 6.09 Å². The monoisotopic (exact) mass is 181 g/mol. The van der Waals surface area contributed by atoms with Gasteiger partial charge in [0.05, 0.1) is 19.8 Å². The predicted molar refractivity (Wildman–Crippen MR) is 41.4 cm³/mol. The molecule has 0 aromatic heterocycles. The van der Waals surface area contributed by atoms with E-state index in [1.54, 1.807) is 6.92 Å². The lowest BCUT2D eigenvalue weighted by Crippen LogP contribution is -2.15. The number of hydrogen-bond acceptors (Lipinski definition) is 5. The van der Waals surface area contributed by atoms with Crippen molar-refractivity contribution in [2.75, 3.05) is 19.8 Å². The molecule has 0 fully saturated rings. The summed E-state index contributed by atoms with van der Waals surface area (Å²) < 4.78 is 4.18. The first-order valence-corrected chi connectivity index (χ1v) is 3.40. The lowest BCUT2D eigenvalue weighted by Gasteiger charge is -1.96. The van der Waals surface area contributed by atoms with Gasteiger partial charge in [-0.15, -0.1) is 0 Å². The first-order valence-electron chi connectivity index (χ1n) is 3.40. The van der Waals surface area contributed by atoms with E-state index in [9.17, 15) is 4.79 Å². The van der Waals surface area contributed by atoms with Crippen LogP contribution in [0, 0.1) is 0 Å². The second-order valence-corrected chi connectivity index (χ2v) is 1.77. The second kappa shape index (κ2) is 10.2. The Morgan fingerprint density at radius 3 is 1.92 bits per heavy atom. The molecule has 1 amide bonds. The summed E-state index contributed by atoms with van der Waals surface area (Å²) in [6.45, 7) is 1.33. The summed E-state index contributed by atoms with van der Waals surface area (Å²) >= 11 is 0. The third-order valence-corrected chi connectivity index (χ3v) is 0.708. The number of hydrogen-bond donors (Lipinski definition) is 4. The quantitative estimate of drug-likeness (QED) is 0.420. The molecular weight excluding hydrogens is 166 g/mol. The van der Waals surface area contributed by atoms with Gasteiger partial charge in [-0.25, -0.2) is 4.79 Å². The molecule has 0 rings (SSSR count). The van der Waals surface area contributed by atoms with E-state index in [2.05, 4.69) is 10.5 Å². The van der Waals surface area contributed by atoms with E-state index in [0.717, 1.165) is 0 Å². The molecule has 0 saturated heterocycles. The second-order valence-electron chi connectivity index (χ2n) is 1.77. The fourth-order valence-electron chi connectivity index (χ4n) is 0.200. The molecule has 0 saturated carbocycles. The Labute approximate surface area is 70.6 Å². The van der Waals surface area contributed by atoms with Crippen LogP contribution in [0.2, 0.25) is 0 Å². The van der Waals surface area contributed by atoms with Gasteiger partial charge in [0.1, 0.15) is 6.10 Å². The molecule has 0 bridgehead atoms. The zero-order valence-corrected chi connectivity index (χ0v) is 6.93. The highest BCUT2D eigenvalue weighted by atomic mass is 16.5. The van der Waals surface area contributed by atoms with E-state index in [4.69, 9.17) is 15.3 Å². The van der Waals surface area contributed by atoms with Crippen molar-refractivity contribution in [1.29, 1.82) is 0 Å². The minimum absolute atomic E-state index is 0.356. The normalized spacial score (nSPS) is 8.75. The Hall–Kier alpha value is -0.850. The molecule has 0 spiro atoms. The Kier molecular flexibility index (Phi) is 11.6. The van der Waals surface area contributed by atoms with Gasteiger partial charge in [0.15, 0.2) is 0 Å². The van der Waals surface area contributed by atoms with Crippen LogP contribution in [0.4, 0.5) is 4.79 Å². The topological polar surface area (TPSA) is 113 Å². The fourth-order valence-corrected chi connectivity index (χ4v) is 0.200. The maximum Gasteiger partial charge on any atom is 0.404 e. The number of aliphatic hydroxyl groups is 3. The summed E-state index contributed by atoms with van der Waals surface area (Å²) in [5, 5.41) is 24.0. The summed E-state index contributed by atoms with van der Waals surface area (Å²) in [7, 11) is 0. The first kappa shape index (κ1) is 13.7. The zero-order chi connectivity index (χ0) is 9.98. The van der Waals surface area contributed by atoms with Crippen molar-refractivity contribution in [3.05, 3.63) is 0 Å². The van der Waals surface area contributed by atoms with Crippen LogP contribution in [0.1, 0.15) is 6.92 Å². The van der Waals surface area contributed by atoms with E-state index in [0.29, 0.717) is 6.61 Å². The van der Waals surface area contributed by atoms with Crippen LogP contribution < -0.4 is 5.73 Å². The average molecular weight is 181 g/mol. The lowest BCUT2D eigenvalue weighted by atomic mass is 10.4. The predicted octanol–water partition coefficient (Wildman–Crippen LogP) is -1.57. The molecule has 6 nitrogen and oxygen atoms in total. The van der Waals surface area contributed by atoms with Crippen molar-refractivity contribution in [2.24, 2.45) is 5.73 Å². The Morgan fingerprint density at radius 2 is 1.92 bits per heavy atom. The van der Waals surface area contributed by atoms with Crippen LogP contribution in [0.15, 0.2) is 0 Å². The van der Waals surface area contributed by atoms with E-state index in [1.165, 1.54) is 0 Å². The number of ether oxygens (including phenoxy) is 1. The average Bonchev–Trinajstić information content (AvgIpc) is 2.04. The number of aliphatic hydroxyl groups excluding tert-OH is 3. The van der Waals surface area contributed by atoms with E-state index >= 15 is 0 Å². The van der Waals surface area contributed by atoms with Crippen LogP contribution in [-0.4, -0.2) is 47.3 Å². The number of nitrogens with two attached hydrogens (primary N) is 1. The SMILES string of the molecule is CCOC(N)=O.OCC(O)CO. The fraction of sp³-hybridized carbons (Fsp3) is 0.833. The zero-order valence-electron chi connectivity index (χ0n) is 6.93. The van der Waals surface area contributed by atoms with Gasteiger partial charge >= 0.3 is 6.09 Å². The molecule has 0 heterocycles. The molecule has 12 heavy (non-hydrogen) atoms. The largest absolute Gasteiger partial charge is 0.450 e. The minimum Gasteiger partial charge on any atom is -0.450 e. The van der Waals surface area contributed by atoms with Gasteiger partial charge in [-0.3, -0.25) is 0 Å². The van der Waals surface area contributed by atoms with Crippen LogP contribution in [0.3, 0.4) is 0 Å². The molecule has 6 heteroatoms. The van der Waals surface area contributed by atoms with E-state index in [1.807, 2.05) is 0 Å². The van der Waals surface area contributed by atoms with E-state index < -0.39 is 12.2 Å². The Morgan fingerprint density at radius 1 is 1.50 bits per heavy atom. The van der Waals surface area contributed by atoms with Gasteiger partial charge < -0.3 is 25.8 Å². The highest BCUT2D eigenvalue weighted by molar-refractivity contribution is 5.64. The van der Waals surface area contributed by atoms with Gasteiger partial charge in [0.25, 0.3) is 0 Å². The number of rotatable bonds is 3. The molecule has 0 radical (unpaired) electrons. The van der Waals surface area contributed by atoms with Gasteiger partial charge in [0, 0.05) is 0 Å². The molecule has 0 atom stereocenters. The van der Waals surface area contributed by atoms with E-state index in [-0.39, 0.29) is 13.2 Å². The molecule has 0 aliphatic carbocycles. The maximum absolute atomic E-state index is 9.60. The Bertz CT molecular complexity index is 104. The molecule has 74 valence electrons. The van der Waals surface area contributed by atoms with Gasteiger partial charge in [0.2, 0.25) is 0 Å². The molecule has 0 unspecified atom stereocenters. The van der Waals surface area contributed by atoms with Gasteiger partial charge in [-0.2, -0.15) is 0 Å². The third-order valence-electron chi connectivity index (χ3n) is 0.708. The molecule has 0 aliphatic heterocycles. The van der Waals surface area contributed by atoms with Crippen molar-refractivity contribution in [2.45, 2.75) is 13.0 Å². The summed E-state index contributed by atoms with van der Waals surface area (Å²) in [5.74, 6) is 0. The van der Waals surface area contributed by atoms with Gasteiger partial charge in [-0.05, 0) is 6.92 Å². The number of primary amides is 1. The molecule has 0 aliphatic rings. The standard InChI is InChI=1S/C3H7NO2.C3H8O3/c1-2-6-3(4)5;4-1-3(6)2-5/h2H2,1H3,(H2,4,5);3-6H,1-2H2. The van der Waals surface area contributed by atoms with Crippen molar-refractivity contribution in [3.63, 3.8) is 0 Å². The van der Waals surface area contributed by atoms with Crippen LogP contribution in [0.5, 0.6) is 0 Å². The highest BCUT2D eigenvalue weighted by Gasteiger charge is 1.93. The lowest BCUT2D eigenvalue weighted by molar-refractivity contribution is 0.0450. The number of carbonyl (C=O) groups excluding carboxylic acids is 1. The van der Waals surface area contributed by atoms with Crippen molar-refractivity contribution < 1.29 is 24.9 Å². The van der Waals surface area contributed by atoms with Gasteiger partial charge in [-0.1, -0.05) is 0 Å². The summed E-state index contributed by atoms with van der Waals surface area (Å²) in [6, 6.07) is 0. The summed E-state index contributed by atoms with van der Waals surface area (Å²) in [4.78, 5) is 9.60. The first-order chi connectivity index (χ1) is 5.58. The maximum atomic E-state index is 9.60. The molecule has 0 aromatic rings. The number of amides is 1. The van der Waals surface area contributed by atoms with Crippen LogP contribution >= 0.6 is 0 Å².